The van der Waals surface area contributed by atoms with Gasteiger partial charge in [-0.25, -0.2) is 0 Å². The third kappa shape index (κ3) is 10.6. The highest BCUT2D eigenvalue weighted by atomic mass is 14.5. The number of nitrogen functional groups attached to an aromatic ring is 2. The van der Waals surface area contributed by atoms with E-state index >= 15 is 0 Å². The first-order chi connectivity index (χ1) is 25.8. The van der Waals surface area contributed by atoms with Crippen LogP contribution in [0.5, 0.6) is 0 Å². The van der Waals surface area contributed by atoms with Crippen LogP contribution in [0, 0.1) is 19.8 Å². The van der Waals surface area contributed by atoms with Gasteiger partial charge in [-0.1, -0.05) is 158 Å². The topological polar surface area (TPSA) is 52.0 Å². The highest BCUT2D eigenvalue weighted by Crippen LogP contribution is 2.48. The van der Waals surface area contributed by atoms with Gasteiger partial charge >= 0.3 is 0 Å². The van der Waals surface area contributed by atoms with Gasteiger partial charge in [0.15, 0.2) is 0 Å². The molecule has 2 nitrogen and oxygen atoms in total. The monoisotopic (exact) mass is 713 g/mol. The molecule has 4 aromatic carbocycles. The molecule has 1 saturated carbocycles. The second-order valence-corrected chi connectivity index (χ2v) is 16.8. The predicted octanol–water partition coefficient (Wildman–Crippen LogP) is 14.7. The molecule has 0 heterocycles. The summed E-state index contributed by atoms with van der Waals surface area (Å²) in [6, 6.07) is 33.0. The average molecular weight is 713 g/mol. The molecule has 0 aromatic heterocycles. The van der Waals surface area contributed by atoms with Crippen molar-refractivity contribution in [1.82, 2.24) is 0 Å². The van der Waals surface area contributed by atoms with E-state index in [0.717, 1.165) is 17.3 Å². The lowest BCUT2D eigenvalue weighted by Crippen LogP contribution is -2.33. The van der Waals surface area contributed by atoms with E-state index in [4.69, 9.17) is 11.5 Å². The van der Waals surface area contributed by atoms with Crippen LogP contribution >= 0.6 is 0 Å². The van der Waals surface area contributed by atoms with Crippen molar-refractivity contribution in [3.63, 3.8) is 0 Å². The third-order valence-electron chi connectivity index (χ3n) is 12.9. The van der Waals surface area contributed by atoms with Crippen LogP contribution in [-0.4, -0.2) is 0 Å². The molecule has 1 aliphatic rings. The Balaban J connectivity index is 1.46. The quantitative estimate of drug-likeness (QED) is 0.0708. The van der Waals surface area contributed by atoms with Crippen LogP contribution in [-0.2, 0) is 5.41 Å². The molecule has 0 bridgehead atoms. The van der Waals surface area contributed by atoms with Gasteiger partial charge in [0, 0.05) is 28.6 Å². The minimum atomic E-state index is 0.0550. The van der Waals surface area contributed by atoms with Crippen LogP contribution in [0.3, 0.4) is 0 Å². The zero-order valence-corrected chi connectivity index (χ0v) is 34.2. The lowest BCUT2D eigenvalue weighted by Gasteiger charge is -2.42. The Morgan fingerprint density at radius 1 is 0.528 bits per heavy atom. The summed E-state index contributed by atoms with van der Waals surface area (Å²) in [7, 11) is 0. The van der Waals surface area contributed by atoms with Crippen molar-refractivity contribution in [3.8, 4) is 0 Å². The zero-order chi connectivity index (χ0) is 37.6. The second-order valence-electron chi connectivity index (χ2n) is 16.8. The summed E-state index contributed by atoms with van der Waals surface area (Å²) < 4.78 is 0. The molecule has 0 aliphatic heterocycles. The van der Waals surface area contributed by atoms with E-state index in [1.807, 2.05) is 0 Å². The molecule has 2 heteroatoms. The SMILES string of the molecule is CCCCCCCC1CCC(c2ccc(C(CCCCC)c3ccc(N)cc3C)cc2)(c2ccc(C(CCCCC)c3ccc(N)cc3C)cc2)CC1. The van der Waals surface area contributed by atoms with E-state index in [2.05, 4.69) is 120 Å². The molecule has 2 unspecified atom stereocenters. The maximum atomic E-state index is 6.21. The molecule has 0 spiro atoms. The molecule has 4 N–H and O–H groups in total. The number of unbranched alkanes of at least 4 members (excludes halogenated alkanes) is 8. The van der Waals surface area contributed by atoms with Gasteiger partial charge in [0.1, 0.15) is 0 Å². The Labute approximate surface area is 324 Å². The van der Waals surface area contributed by atoms with E-state index in [0.29, 0.717) is 11.8 Å². The molecule has 0 radical (unpaired) electrons. The first-order valence-electron chi connectivity index (χ1n) is 21.7. The summed E-state index contributed by atoms with van der Waals surface area (Å²) in [6.45, 7) is 11.4. The summed E-state index contributed by atoms with van der Waals surface area (Å²) in [5.41, 5.74) is 25.5. The van der Waals surface area contributed by atoms with Crippen molar-refractivity contribution in [2.75, 3.05) is 11.5 Å². The fourth-order valence-corrected chi connectivity index (χ4v) is 9.69. The van der Waals surface area contributed by atoms with E-state index in [-0.39, 0.29) is 5.41 Å². The van der Waals surface area contributed by atoms with Crippen LogP contribution in [0.1, 0.15) is 193 Å². The lowest BCUT2D eigenvalue weighted by molar-refractivity contribution is 0.250. The Bertz CT molecular complexity index is 1550. The van der Waals surface area contributed by atoms with Gasteiger partial charge in [-0.3, -0.25) is 0 Å². The number of hydrogen-bond donors (Lipinski definition) is 2. The van der Waals surface area contributed by atoms with Gasteiger partial charge in [0.25, 0.3) is 0 Å². The maximum absolute atomic E-state index is 6.21. The molecule has 53 heavy (non-hydrogen) atoms. The van der Waals surface area contributed by atoms with Crippen LogP contribution in [0.2, 0.25) is 0 Å². The summed E-state index contributed by atoms with van der Waals surface area (Å²) in [5.74, 6) is 1.66. The minimum absolute atomic E-state index is 0.0550. The largest absolute Gasteiger partial charge is 0.399 e. The minimum Gasteiger partial charge on any atom is -0.399 e. The third-order valence-corrected chi connectivity index (χ3v) is 12.9. The van der Waals surface area contributed by atoms with Gasteiger partial charge in [-0.15, -0.1) is 0 Å². The Morgan fingerprint density at radius 3 is 1.36 bits per heavy atom. The molecule has 5 rings (SSSR count). The van der Waals surface area contributed by atoms with Gasteiger partial charge in [-0.2, -0.15) is 0 Å². The van der Waals surface area contributed by atoms with Crippen LogP contribution in [0.25, 0.3) is 0 Å². The Kier molecular flexibility index (Phi) is 15.5. The number of hydrogen-bond acceptors (Lipinski definition) is 2. The molecule has 2 atom stereocenters. The molecule has 1 fully saturated rings. The summed E-state index contributed by atoms with van der Waals surface area (Å²) in [5, 5.41) is 0. The Hall–Kier alpha value is -3.52. The van der Waals surface area contributed by atoms with E-state index < -0.39 is 0 Å². The van der Waals surface area contributed by atoms with Crippen LogP contribution in [0.15, 0.2) is 84.9 Å². The van der Waals surface area contributed by atoms with Crippen molar-refractivity contribution >= 4 is 11.4 Å². The highest BCUT2D eigenvalue weighted by molar-refractivity contribution is 5.51. The fourth-order valence-electron chi connectivity index (χ4n) is 9.69. The molecule has 0 amide bonds. The van der Waals surface area contributed by atoms with E-state index in [9.17, 15) is 0 Å². The fraction of sp³-hybridized carbons (Fsp3) is 0.529. The summed E-state index contributed by atoms with van der Waals surface area (Å²) in [4.78, 5) is 0. The number of rotatable bonds is 20. The number of aryl methyl sites for hydroxylation is 2. The molecule has 4 aromatic rings. The van der Waals surface area contributed by atoms with Gasteiger partial charge in [-0.05, 0) is 127 Å². The normalized spacial score (nSPS) is 18.5. The lowest BCUT2D eigenvalue weighted by atomic mass is 9.62. The molecule has 286 valence electrons. The van der Waals surface area contributed by atoms with Gasteiger partial charge < -0.3 is 11.5 Å². The molecule has 0 saturated heterocycles. The first kappa shape index (κ1) is 40.7. The van der Waals surface area contributed by atoms with Crippen LogP contribution < -0.4 is 11.5 Å². The number of anilines is 2. The Morgan fingerprint density at radius 2 is 0.943 bits per heavy atom. The average Bonchev–Trinajstić information content (AvgIpc) is 3.16. The van der Waals surface area contributed by atoms with Gasteiger partial charge in [0.05, 0.1) is 0 Å². The van der Waals surface area contributed by atoms with Crippen molar-refractivity contribution in [2.45, 2.75) is 167 Å². The first-order valence-corrected chi connectivity index (χ1v) is 21.7. The molecule has 1 aliphatic carbocycles. The van der Waals surface area contributed by atoms with Crippen molar-refractivity contribution in [3.05, 3.63) is 129 Å². The van der Waals surface area contributed by atoms with E-state index in [1.54, 1.807) is 0 Å². The van der Waals surface area contributed by atoms with E-state index in [1.165, 1.54) is 160 Å². The van der Waals surface area contributed by atoms with Crippen molar-refractivity contribution in [1.29, 1.82) is 0 Å². The van der Waals surface area contributed by atoms with Gasteiger partial charge in [0.2, 0.25) is 0 Å². The number of benzene rings is 4. The van der Waals surface area contributed by atoms with Crippen molar-refractivity contribution in [2.24, 2.45) is 5.92 Å². The molecular formula is C51H72N2. The predicted molar refractivity (Wildman–Crippen MR) is 232 cm³/mol. The van der Waals surface area contributed by atoms with Crippen molar-refractivity contribution < 1.29 is 0 Å². The summed E-state index contributed by atoms with van der Waals surface area (Å²) in [6.07, 6.45) is 23.3. The second kappa shape index (κ2) is 20.2. The molecular weight excluding hydrogens is 641 g/mol. The maximum Gasteiger partial charge on any atom is 0.0316 e. The zero-order valence-electron chi connectivity index (χ0n) is 34.2. The number of nitrogens with two attached hydrogens (primary N) is 2. The smallest absolute Gasteiger partial charge is 0.0316 e. The van der Waals surface area contributed by atoms with Crippen LogP contribution in [0.4, 0.5) is 11.4 Å². The standard InChI is InChI=1S/C51H72N2/c1-6-9-12-13-16-17-40-32-34-51(35-33-40,43-24-20-41(21-25-43)49(18-14-10-7-2)47-30-28-45(52)36-38(47)4)44-26-22-42(23-27-44)50(19-15-11-8-3)48-31-29-46(53)37-39(48)5/h20-31,36-37,40,49-50H,6-19,32-35,52-53H2,1-5H3. The highest BCUT2D eigenvalue weighted by Gasteiger charge is 2.38. The summed E-state index contributed by atoms with van der Waals surface area (Å²) >= 11 is 0.